The minimum atomic E-state index is -4.99. The third kappa shape index (κ3) is 4.94. The van der Waals surface area contributed by atoms with Crippen LogP contribution in [0.4, 0.5) is 0 Å². The second-order valence-corrected chi connectivity index (χ2v) is 3.93. The van der Waals surface area contributed by atoms with Gasteiger partial charge in [0.15, 0.2) is 11.9 Å². The first kappa shape index (κ1) is 15.4. The van der Waals surface area contributed by atoms with Crippen LogP contribution in [0.3, 0.4) is 0 Å². The van der Waals surface area contributed by atoms with E-state index >= 15 is 0 Å². The van der Waals surface area contributed by atoms with Crippen LogP contribution in [0.15, 0.2) is 0 Å². The molecule has 6 N–H and O–H groups in total. The van der Waals surface area contributed by atoms with Gasteiger partial charge in [0.2, 0.25) is 0 Å². The molecule has 96 valence electrons. The predicted molar refractivity (Wildman–Crippen MR) is 49.6 cm³/mol. The minimum absolute atomic E-state index is 0.803. The molecule has 0 unspecified atom stereocenters. The second kappa shape index (κ2) is 6.20. The molecule has 0 aromatic rings. The fourth-order valence-electron chi connectivity index (χ4n) is 0.829. The summed E-state index contributed by atoms with van der Waals surface area (Å²) in [6.07, 6.45) is -3.95. The lowest BCUT2D eigenvalue weighted by Crippen LogP contribution is -2.49. The lowest BCUT2D eigenvalue weighted by molar-refractivity contribution is -0.134. The normalized spacial score (nSPS) is 17.8. The van der Waals surface area contributed by atoms with Gasteiger partial charge in [-0.2, -0.15) is 8.42 Å². The molecule has 0 aromatic carbocycles. The van der Waals surface area contributed by atoms with Gasteiger partial charge in [0.05, 0.1) is 19.3 Å². The molecule has 9 nitrogen and oxygen atoms in total. The Morgan fingerprint density at radius 3 is 2.12 bits per heavy atom. The first-order valence-corrected chi connectivity index (χ1v) is 5.44. The van der Waals surface area contributed by atoms with Gasteiger partial charge in [-0.1, -0.05) is 0 Å². The molecule has 0 radical (unpaired) electrons. The number of ketones is 1. The Morgan fingerprint density at radius 2 is 1.81 bits per heavy atom. The van der Waals surface area contributed by atoms with E-state index in [9.17, 15) is 13.2 Å². The van der Waals surface area contributed by atoms with Crippen LogP contribution in [0.2, 0.25) is 0 Å². The number of hydrogen-bond acceptors (Lipinski definition) is 8. The van der Waals surface area contributed by atoms with E-state index in [-0.39, 0.29) is 0 Å². The zero-order chi connectivity index (χ0) is 12.9. The van der Waals surface area contributed by atoms with Gasteiger partial charge in [0, 0.05) is 0 Å². The van der Waals surface area contributed by atoms with E-state index in [1.165, 1.54) is 0 Å². The molecule has 0 rings (SSSR count). The molecule has 0 aliphatic heterocycles. The Balaban J connectivity index is 4.88. The molecule has 0 heterocycles. The molecule has 0 aromatic heterocycles. The Kier molecular flexibility index (Phi) is 5.96. The summed E-state index contributed by atoms with van der Waals surface area (Å²) in [5.74, 6) is -1.17. The predicted octanol–water partition coefficient (Wildman–Crippen LogP) is -3.58. The van der Waals surface area contributed by atoms with Crippen molar-refractivity contribution in [3.05, 3.63) is 0 Å². The van der Waals surface area contributed by atoms with Crippen molar-refractivity contribution in [1.29, 1.82) is 0 Å². The summed E-state index contributed by atoms with van der Waals surface area (Å²) in [7, 11) is -4.99. The number of aliphatic hydroxyl groups is 3. The fraction of sp³-hybridized carbons (Fsp3) is 0.833. The second-order valence-electron chi connectivity index (χ2n) is 2.89. The van der Waals surface area contributed by atoms with Gasteiger partial charge in [-0.3, -0.25) is 9.35 Å². The largest absolute Gasteiger partial charge is 0.398 e. The molecule has 0 aliphatic carbocycles. The van der Waals surface area contributed by atoms with Crippen LogP contribution in [0, 0.1) is 0 Å². The fourth-order valence-corrected chi connectivity index (χ4v) is 1.31. The lowest BCUT2D eigenvalue weighted by Gasteiger charge is -2.20. The topological polar surface area (TPSA) is 167 Å². The molecule has 16 heavy (non-hydrogen) atoms. The smallest absolute Gasteiger partial charge is 0.394 e. The maximum Gasteiger partial charge on any atom is 0.398 e. The van der Waals surface area contributed by atoms with Crippen molar-refractivity contribution in [3.63, 3.8) is 0 Å². The molecule has 0 amide bonds. The van der Waals surface area contributed by atoms with Gasteiger partial charge >= 0.3 is 10.4 Å². The molecule has 10 heteroatoms. The highest BCUT2D eigenvalue weighted by atomic mass is 32.3. The number of rotatable bonds is 7. The van der Waals surface area contributed by atoms with Crippen LogP contribution in [0.5, 0.6) is 0 Å². The lowest BCUT2D eigenvalue weighted by atomic mass is 10.0. The van der Waals surface area contributed by atoms with Gasteiger partial charge in [0.25, 0.3) is 0 Å². The van der Waals surface area contributed by atoms with Crippen LogP contribution >= 0.6 is 0 Å². The molecule has 0 bridgehead atoms. The standard InChI is InChI=1S/C6H13NO8S/c7-3(1-8)5(11)6(4(10)2-9)15-16(12,13)14/h3-4,6,8-10H,1-2,7H2,(H,12,13,14)/t3-,4-,6-/m1/s1. The van der Waals surface area contributed by atoms with E-state index < -0.39 is 47.6 Å². The van der Waals surface area contributed by atoms with Gasteiger partial charge in [-0.15, -0.1) is 0 Å². The highest BCUT2D eigenvalue weighted by Gasteiger charge is 2.34. The van der Waals surface area contributed by atoms with Crippen LogP contribution in [-0.2, 0) is 19.4 Å². The average Bonchev–Trinajstić information content (AvgIpc) is 2.21. The Labute approximate surface area is 91.4 Å². The number of nitrogens with two attached hydrogens (primary N) is 1. The van der Waals surface area contributed by atoms with Crippen LogP contribution in [0.25, 0.3) is 0 Å². The summed E-state index contributed by atoms with van der Waals surface area (Å²) in [6.45, 7) is -1.79. The summed E-state index contributed by atoms with van der Waals surface area (Å²) in [6, 6.07) is -1.49. The van der Waals surface area contributed by atoms with Crippen LogP contribution in [0.1, 0.15) is 0 Å². The molecule has 0 spiro atoms. The zero-order valence-corrected chi connectivity index (χ0v) is 8.87. The Morgan fingerprint density at radius 1 is 1.31 bits per heavy atom. The number of Topliss-reactive ketones (excluding diaryl/α,β-unsaturated/α-hetero) is 1. The molecule has 0 saturated heterocycles. The number of carbonyl (C=O) groups is 1. The van der Waals surface area contributed by atoms with E-state index in [1.807, 2.05) is 0 Å². The van der Waals surface area contributed by atoms with Gasteiger partial charge < -0.3 is 21.1 Å². The zero-order valence-electron chi connectivity index (χ0n) is 8.05. The van der Waals surface area contributed by atoms with Crippen molar-refractivity contribution in [3.8, 4) is 0 Å². The quantitative estimate of drug-likeness (QED) is 0.290. The molecular formula is C6H13NO8S. The number of aliphatic hydroxyl groups excluding tert-OH is 3. The van der Waals surface area contributed by atoms with Crippen molar-refractivity contribution in [2.45, 2.75) is 18.2 Å². The monoisotopic (exact) mass is 259 g/mol. The van der Waals surface area contributed by atoms with E-state index in [2.05, 4.69) is 4.18 Å². The Hall–Kier alpha value is -0.620. The molecular weight excluding hydrogens is 246 g/mol. The van der Waals surface area contributed by atoms with Gasteiger partial charge in [0.1, 0.15) is 6.10 Å². The van der Waals surface area contributed by atoms with Crippen molar-refractivity contribution >= 4 is 16.2 Å². The van der Waals surface area contributed by atoms with Crippen molar-refractivity contribution < 1.29 is 37.3 Å². The first-order chi connectivity index (χ1) is 7.22. The molecule has 0 saturated carbocycles. The summed E-state index contributed by atoms with van der Waals surface area (Å²) < 4.78 is 32.9. The van der Waals surface area contributed by atoms with E-state index in [0.29, 0.717) is 0 Å². The van der Waals surface area contributed by atoms with Gasteiger partial charge in [-0.05, 0) is 0 Å². The van der Waals surface area contributed by atoms with E-state index in [0.717, 1.165) is 0 Å². The van der Waals surface area contributed by atoms with Gasteiger partial charge in [-0.25, -0.2) is 4.18 Å². The number of carbonyl (C=O) groups excluding carboxylic acids is 1. The van der Waals surface area contributed by atoms with Crippen molar-refractivity contribution in [2.75, 3.05) is 13.2 Å². The maximum absolute atomic E-state index is 11.3. The summed E-state index contributed by atoms with van der Waals surface area (Å²) in [4.78, 5) is 11.3. The third-order valence-corrected chi connectivity index (χ3v) is 2.05. The highest BCUT2D eigenvalue weighted by Crippen LogP contribution is 2.07. The van der Waals surface area contributed by atoms with Crippen LogP contribution in [-0.4, -0.2) is 65.5 Å². The average molecular weight is 259 g/mol. The summed E-state index contributed by atoms with van der Waals surface area (Å²) in [5, 5.41) is 26.2. The number of hydrogen-bond donors (Lipinski definition) is 5. The highest BCUT2D eigenvalue weighted by molar-refractivity contribution is 7.80. The summed E-state index contributed by atoms with van der Waals surface area (Å²) >= 11 is 0. The molecule has 0 fully saturated rings. The van der Waals surface area contributed by atoms with Crippen molar-refractivity contribution in [2.24, 2.45) is 5.73 Å². The molecule has 3 atom stereocenters. The summed E-state index contributed by atoms with van der Waals surface area (Å²) in [5.41, 5.74) is 5.08. The van der Waals surface area contributed by atoms with Crippen LogP contribution < -0.4 is 5.73 Å². The Bertz CT molecular complexity index is 327. The SMILES string of the molecule is N[C@H](CO)C(=O)[C@H](OS(=O)(=O)O)[C@H](O)CO. The van der Waals surface area contributed by atoms with E-state index in [4.69, 9.17) is 25.6 Å². The van der Waals surface area contributed by atoms with E-state index in [1.54, 1.807) is 0 Å². The van der Waals surface area contributed by atoms with Crippen molar-refractivity contribution in [1.82, 2.24) is 0 Å². The first-order valence-electron chi connectivity index (χ1n) is 4.07. The maximum atomic E-state index is 11.3. The molecule has 0 aliphatic rings. The third-order valence-electron chi connectivity index (χ3n) is 1.60. The minimum Gasteiger partial charge on any atom is -0.394 e.